The van der Waals surface area contributed by atoms with Crippen LogP contribution in [0.2, 0.25) is 0 Å². The molecular formula is C36H43N. The molecule has 3 rings (SSSR count). The van der Waals surface area contributed by atoms with E-state index in [1.165, 1.54) is 49.7 Å². The third-order valence-corrected chi connectivity index (χ3v) is 7.05. The summed E-state index contributed by atoms with van der Waals surface area (Å²) in [5.74, 6) is 0. The van der Waals surface area contributed by atoms with Crippen LogP contribution in [-0.2, 0) is 19.3 Å². The van der Waals surface area contributed by atoms with Crippen molar-refractivity contribution in [2.75, 3.05) is 0 Å². The molecule has 2 N–H and O–H groups in total. The molecule has 1 heteroatoms. The molecule has 0 unspecified atom stereocenters. The van der Waals surface area contributed by atoms with Crippen molar-refractivity contribution in [1.82, 2.24) is 0 Å². The highest BCUT2D eigenvalue weighted by molar-refractivity contribution is 5.89. The van der Waals surface area contributed by atoms with Gasteiger partial charge in [0.05, 0.1) is 0 Å². The fourth-order valence-electron chi connectivity index (χ4n) is 4.86. The Hall–Kier alpha value is -3.58. The van der Waals surface area contributed by atoms with Crippen LogP contribution in [0.4, 0.5) is 0 Å². The number of hydrogen-bond donors (Lipinski definition) is 1. The quantitative estimate of drug-likeness (QED) is 0.267. The molecule has 0 heterocycles. The number of nitrogens with two attached hydrogens (primary N) is 1. The average molecular weight is 490 g/mol. The molecule has 0 fully saturated rings. The van der Waals surface area contributed by atoms with Gasteiger partial charge in [-0.2, -0.15) is 0 Å². The number of fused-ring (bicyclic) bond motifs is 1. The van der Waals surface area contributed by atoms with Crippen LogP contribution in [0, 0.1) is 6.92 Å². The van der Waals surface area contributed by atoms with Crippen LogP contribution in [0.5, 0.6) is 0 Å². The predicted octanol–water partition coefficient (Wildman–Crippen LogP) is 9.60. The molecule has 0 atom stereocenters. The van der Waals surface area contributed by atoms with Gasteiger partial charge in [-0.05, 0) is 110 Å². The van der Waals surface area contributed by atoms with Crippen molar-refractivity contribution < 1.29 is 0 Å². The number of aryl methyl sites for hydroxylation is 3. The van der Waals surface area contributed by atoms with Crippen LogP contribution in [-0.4, -0.2) is 0 Å². The number of rotatable bonds is 11. The first-order valence-electron chi connectivity index (χ1n) is 13.6. The van der Waals surface area contributed by atoms with Crippen LogP contribution in [0.3, 0.4) is 0 Å². The first-order chi connectivity index (χ1) is 17.8. The number of allylic oxidation sites excluding steroid dienone is 7. The van der Waals surface area contributed by atoms with Gasteiger partial charge in [0.15, 0.2) is 0 Å². The molecule has 0 radical (unpaired) electrons. The maximum atomic E-state index is 5.85. The lowest BCUT2D eigenvalue weighted by molar-refractivity contribution is 0.819. The summed E-state index contributed by atoms with van der Waals surface area (Å²) < 4.78 is 0. The number of benzene rings is 3. The lowest BCUT2D eigenvalue weighted by Crippen LogP contribution is -1.97. The molecule has 192 valence electrons. The second-order valence-electron chi connectivity index (χ2n) is 9.99. The van der Waals surface area contributed by atoms with Gasteiger partial charge in [-0.25, -0.2) is 0 Å². The second kappa shape index (κ2) is 13.7. The van der Waals surface area contributed by atoms with Gasteiger partial charge in [0.25, 0.3) is 0 Å². The molecule has 0 aliphatic rings. The van der Waals surface area contributed by atoms with Crippen molar-refractivity contribution in [1.29, 1.82) is 0 Å². The Morgan fingerprint density at radius 1 is 0.946 bits per heavy atom. The van der Waals surface area contributed by atoms with Gasteiger partial charge in [0.1, 0.15) is 0 Å². The first-order valence-corrected chi connectivity index (χ1v) is 13.6. The van der Waals surface area contributed by atoms with Gasteiger partial charge in [-0.3, -0.25) is 0 Å². The van der Waals surface area contributed by atoms with Gasteiger partial charge in [-0.1, -0.05) is 104 Å². The standard InChI is InChI=1S/C36H43N/c1-7-13-31(25-34-19-18-26(4)35-16-10-11-17-36(34)35)23-33-22-30(9-3)21-32(24-33)15-12-14-29(8-2)20-27(5)28(6)37/h7-8,10-11,13,16-24H,6,9,12,14-15,25,37H2,1-5H3/b13-7-,27-20+,29-8-,31-23+. The van der Waals surface area contributed by atoms with E-state index in [0.717, 1.165) is 37.7 Å². The molecule has 0 bridgehead atoms. The van der Waals surface area contributed by atoms with E-state index in [0.29, 0.717) is 5.70 Å². The summed E-state index contributed by atoms with van der Waals surface area (Å²) in [6.45, 7) is 14.5. The zero-order valence-corrected chi connectivity index (χ0v) is 23.4. The Morgan fingerprint density at radius 2 is 1.68 bits per heavy atom. The van der Waals surface area contributed by atoms with E-state index in [1.54, 1.807) is 0 Å². The van der Waals surface area contributed by atoms with Crippen molar-refractivity contribution >= 4 is 16.8 Å². The summed E-state index contributed by atoms with van der Waals surface area (Å²) in [6.07, 6.45) is 16.3. The summed E-state index contributed by atoms with van der Waals surface area (Å²) in [4.78, 5) is 0. The van der Waals surface area contributed by atoms with E-state index in [2.05, 4.69) is 119 Å². The molecule has 0 spiro atoms. The van der Waals surface area contributed by atoms with Crippen molar-refractivity contribution in [3.8, 4) is 0 Å². The van der Waals surface area contributed by atoms with E-state index < -0.39 is 0 Å². The molecule has 0 aliphatic heterocycles. The minimum absolute atomic E-state index is 0.641. The van der Waals surface area contributed by atoms with E-state index >= 15 is 0 Å². The first kappa shape index (κ1) is 28.0. The lowest BCUT2D eigenvalue weighted by atomic mass is 9.93. The van der Waals surface area contributed by atoms with Crippen LogP contribution in [0.1, 0.15) is 68.4 Å². The Kier molecular flexibility index (Phi) is 10.3. The normalized spacial score (nSPS) is 13.1. The second-order valence-corrected chi connectivity index (χ2v) is 9.99. The molecule has 0 saturated heterocycles. The largest absolute Gasteiger partial charge is 0.399 e. The summed E-state index contributed by atoms with van der Waals surface area (Å²) in [5.41, 5.74) is 17.0. The third kappa shape index (κ3) is 7.95. The summed E-state index contributed by atoms with van der Waals surface area (Å²) in [7, 11) is 0. The minimum atomic E-state index is 0.641. The minimum Gasteiger partial charge on any atom is -0.399 e. The third-order valence-electron chi connectivity index (χ3n) is 7.05. The highest BCUT2D eigenvalue weighted by atomic mass is 14.6. The van der Waals surface area contributed by atoms with E-state index in [9.17, 15) is 0 Å². The monoisotopic (exact) mass is 489 g/mol. The van der Waals surface area contributed by atoms with Gasteiger partial charge in [0, 0.05) is 5.70 Å². The maximum absolute atomic E-state index is 5.85. The average Bonchev–Trinajstić information content (AvgIpc) is 2.89. The molecule has 3 aromatic rings. The molecule has 37 heavy (non-hydrogen) atoms. The lowest BCUT2D eigenvalue weighted by Gasteiger charge is -2.12. The summed E-state index contributed by atoms with van der Waals surface area (Å²) in [6, 6.07) is 20.4. The Labute approximate surface area is 224 Å². The van der Waals surface area contributed by atoms with Crippen molar-refractivity contribution in [3.63, 3.8) is 0 Å². The Balaban J connectivity index is 1.84. The topological polar surface area (TPSA) is 26.0 Å². The molecule has 0 aliphatic carbocycles. The van der Waals surface area contributed by atoms with Crippen LogP contribution >= 0.6 is 0 Å². The zero-order valence-electron chi connectivity index (χ0n) is 23.4. The van der Waals surface area contributed by atoms with Gasteiger partial charge in [-0.15, -0.1) is 0 Å². The van der Waals surface area contributed by atoms with E-state index in [4.69, 9.17) is 5.73 Å². The van der Waals surface area contributed by atoms with Gasteiger partial charge >= 0.3 is 0 Å². The highest BCUT2D eigenvalue weighted by Crippen LogP contribution is 2.26. The zero-order chi connectivity index (χ0) is 26.8. The fourth-order valence-corrected chi connectivity index (χ4v) is 4.86. The Morgan fingerprint density at radius 3 is 2.35 bits per heavy atom. The van der Waals surface area contributed by atoms with Crippen LogP contribution in [0.25, 0.3) is 16.8 Å². The summed E-state index contributed by atoms with van der Waals surface area (Å²) in [5, 5.41) is 2.69. The number of hydrogen-bond acceptors (Lipinski definition) is 1. The SMILES string of the molecule is C=C(N)/C(C)=C/C(=C\C)CCCc1cc(/C=C(\C=C/C)Cc2ccc(C)c3ccccc23)cc(CC)c1. The highest BCUT2D eigenvalue weighted by Gasteiger charge is 2.07. The molecule has 3 aromatic carbocycles. The smallest absolute Gasteiger partial charge is 0.0270 e. The molecule has 0 saturated carbocycles. The molecular weight excluding hydrogens is 446 g/mol. The predicted molar refractivity (Wildman–Crippen MR) is 165 cm³/mol. The van der Waals surface area contributed by atoms with Crippen LogP contribution < -0.4 is 5.73 Å². The fraction of sp³-hybridized carbons (Fsp3) is 0.278. The molecule has 0 aromatic heterocycles. The molecule has 1 nitrogen and oxygen atoms in total. The Bertz CT molecular complexity index is 1360. The maximum Gasteiger partial charge on any atom is 0.0270 e. The van der Waals surface area contributed by atoms with E-state index in [-0.39, 0.29) is 0 Å². The van der Waals surface area contributed by atoms with Crippen molar-refractivity contribution in [2.45, 2.75) is 66.7 Å². The van der Waals surface area contributed by atoms with E-state index in [1.807, 2.05) is 6.92 Å². The van der Waals surface area contributed by atoms with Crippen molar-refractivity contribution in [3.05, 3.63) is 136 Å². The van der Waals surface area contributed by atoms with Crippen LogP contribution in [0.15, 0.2) is 108 Å². The molecule has 0 amide bonds. The summed E-state index contributed by atoms with van der Waals surface area (Å²) >= 11 is 0. The van der Waals surface area contributed by atoms with Crippen molar-refractivity contribution in [2.24, 2.45) is 5.73 Å². The van der Waals surface area contributed by atoms with Gasteiger partial charge < -0.3 is 5.73 Å². The van der Waals surface area contributed by atoms with Gasteiger partial charge in [0.2, 0.25) is 0 Å².